The number of phenolic OH excluding ortho intramolecular Hbond substituents is 1. The zero-order valence-corrected chi connectivity index (χ0v) is 23.0. The molecular weight excluding hydrogens is 510 g/mol. The first-order valence-electron chi connectivity index (χ1n) is 13.7. The molecule has 6 nitrogen and oxygen atoms in total. The van der Waals surface area contributed by atoms with Crippen molar-refractivity contribution in [2.75, 3.05) is 18.9 Å². The molecule has 0 amide bonds. The Morgan fingerprint density at radius 1 is 0.923 bits per heavy atom. The molecule has 1 atom stereocenters. The third-order valence-corrected chi connectivity index (χ3v) is 9.08. The average molecular weight is 546 g/mol. The fourth-order valence-electron chi connectivity index (χ4n) is 5.07. The molecule has 1 heterocycles. The standard InChI is InChI=1S/C32H35NO5S/c1-2-21-39(35,36)29-14-6-23(7-15-29)30-16-8-24-22-26(34)9-17-31(24)32(30)38-28-12-10-27(11-13-28)37-20-18-25-5-3-4-19-33-25/h6-17,22,25,33-34H,2-5,18-21H2,1H3. The van der Waals surface area contributed by atoms with Crippen LogP contribution in [0.1, 0.15) is 39.0 Å². The van der Waals surface area contributed by atoms with E-state index < -0.39 is 9.84 Å². The Bertz CT molecular complexity index is 1510. The Hall–Kier alpha value is -3.55. The Labute approximate surface area is 230 Å². The van der Waals surface area contributed by atoms with E-state index in [1.807, 2.05) is 61.5 Å². The summed E-state index contributed by atoms with van der Waals surface area (Å²) in [6.45, 7) is 3.61. The van der Waals surface area contributed by atoms with Crippen molar-refractivity contribution in [3.8, 4) is 34.1 Å². The maximum Gasteiger partial charge on any atom is 0.178 e. The van der Waals surface area contributed by atoms with Gasteiger partial charge < -0.3 is 19.9 Å². The Morgan fingerprint density at radius 3 is 2.41 bits per heavy atom. The molecule has 1 fully saturated rings. The van der Waals surface area contributed by atoms with Crippen molar-refractivity contribution in [3.63, 3.8) is 0 Å². The normalized spacial score (nSPS) is 15.8. The zero-order valence-electron chi connectivity index (χ0n) is 22.2. The van der Waals surface area contributed by atoms with Crippen LogP contribution < -0.4 is 14.8 Å². The lowest BCUT2D eigenvalue weighted by Crippen LogP contribution is -2.35. The largest absolute Gasteiger partial charge is 0.508 e. The van der Waals surface area contributed by atoms with Crippen molar-refractivity contribution in [1.82, 2.24) is 5.32 Å². The summed E-state index contributed by atoms with van der Waals surface area (Å²) >= 11 is 0. The lowest BCUT2D eigenvalue weighted by Gasteiger charge is -2.23. The van der Waals surface area contributed by atoms with E-state index in [1.54, 1.807) is 24.3 Å². The highest BCUT2D eigenvalue weighted by molar-refractivity contribution is 7.91. The van der Waals surface area contributed by atoms with Crippen LogP contribution in [-0.4, -0.2) is 38.5 Å². The number of fused-ring (bicyclic) bond motifs is 1. The van der Waals surface area contributed by atoms with Crippen LogP contribution in [0.5, 0.6) is 23.0 Å². The van der Waals surface area contributed by atoms with Crippen LogP contribution in [0.2, 0.25) is 0 Å². The molecule has 4 aromatic rings. The number of hydrogen-bond acceptors (Lipinski definition) is 6. The van der Waals surface area contributed by atoms with Crippen molar-refractivity contribution in [2.45, 2.75) is 50.0 Å². The van der Waals surface area contributed by atoms with Crippen molar-refractivity contribution in [1.29, 1.82) is 0 Å². The van der Waals surface area contributed by atoms with Gasteiger partial charge in [-0.15, -0.1) is 0 Å². The van der Waals surface area contributed by atoms with Gasteiger partial charge in [0.25, 0.3) is 0 Å². The van der Waals surface area contributed by atoms with Gasteiger partial charge in [-0.25, -0.2) is 8.42 Å². The minimum atomic E-state index is -3.30. The Balaban J connectivity index is 1.39. The van der Waals surface area contributed by atoms with Crippen LogP contribution in [0.25, 0.3) is 21.9 Å². The lowest BCUT2D eigenvalue weighted by molar-refractivity contribution is 0.268. The molecule has 0 aliphatic carbocycles. The predicted molar refractivity (Wildman–Crippen MR) is 156 cm³/mol. The topological polar surface area (TPSA) is 84.9 Å². The second kappa shape index (κ2) is 12.1. The molecule has 0 aromatic heterocycles. The molecule has 4 aromatic carbocycles. The summed E-state index contributed by atoms with van der Waals surface area (Å²) in [7, 11) is -3.30. The van der Waals surface area contributed by atoms with Gasteiger partial charge >= 0.3 is 0 Å². The van der Waals surface area contributed by atoms with Gasteiger partial charge in [0.15, 0.2) is 9.84 Å². The molecule has 0 radical (unpaired) electrons. The third kappa shape index (κ3) is 6.54. The second-order valence-corrected chi connectivity index (χ2v) is 12.2. The monoisotopic (exact) mass is 545 g/mol. The number of ether oxygens (including phenoxy) is 2. The summed E-state index contributed by atoms with van der Waals surface area (Å²) in [5.74, 6) is 2.38. The van der Waals surface area contributed by atoms with Gasteiger partial charge in [-0.3, -0.25) is 0 Å². The van der Waals surface area contributed by atoms with Gasteiger partial charge in [0, 0.05) is 17.0 Å². The number of sulfone groups is 1. The summed E-state index contributed by atoms with van der Waals surface area (Å²) in [5.41, 5.74) is 1.67. The maximum atomic E-state index is 12.5. The highest BCUT2D eigenvalue weighted by atomic mass is 32.2. The van der Waals surface area contributed by atoms with Gasteiger partial charge in [0.2, 0.25) is 0 Å². The molecule has 0 spiro atoms. The molecule has 2 N–H and O–H groups in total. The molecular formula is C32H35NO5S. The van der Waals surface area contributed by atoms with Gasteiger partial charge in [-0.1, -0.05) is 31.5 Å². The van der Waals surface area contributed by atoms with Gasteiger partial charge in [-0.05, 0) is 104 Å². The first-order valence-corrected chi connectivity index (χ1v) is 15.3. The van der Waals surface area contributed by atoms with E-state index in [2.05, 4.69) is 5.32 Å². The molecule has 0 saturated carbocycles. The SMILES string of the molecule is CCCS(=O)(=O)c1ccc(-c2ccc3cc(O)ccc3c2Oc2ccc(OCCC3CCCCN3)cc2)cc1. The van der Waals surface area contributed by atoms with Gasteiger partial charge in [0.1, 0.15) is 23.0 Å². The first-order chi connectivity index (χ1) is 18.9. The van der Waals surface area contributed by atoms with Gasteiger partial charge in [-0.2, -0.15) is 0 Å². The van der Waals surface area contributed by atoms with Crippen molar-refractivity contribution in [2.24, 2.45) is 0 Å². The van der Waals surface area contributed by atoms with E-state index in [0.717, 1.165) is 40.6 Å². The molecule has 5 rings (SSSR count). The lowest BCUT2D eigenvalue weighted by atomic mass is 9.99. The van der Waals surface area contributed by atoms with Gasteiger partial charge in [0.05, 0.1) is 17.3 Å². The predicted octanol–water partition coefficient (Wildman–Crippen LogP) is 7.10. The third-order valence-electron chi connectivity index (χ3n) is 7.14. The Morgan fingerprint density at radius 2 is 1.69 bits per heavy atom. The van der Waals surface area contributed by atoms with Crippen LogP contribution >= 0.6 is 0 Å². The summed E-state index contributed by atoms with van der Waals surface area (Å²) in [6, 6.07) is 24.1. The van der Waals surface area contributed by atoms with E-state index in [4.69, 9.17) is 9.47 Å². The van der Waals surface area contributed by atoms with Crippen LogP contribution in [-0.2, 0) is 9.84 Å². The quantitative estimate of drug-likeness (QED) is 0.221. The molecule has 1 saturated heterocycles. The summed E-state index contributed by atoms with van der Waals surface area (Å²) in [6.07, 6.45) is 5.30. The molecule has 1 unspecified atom stereocenters. The number of benzene rings is 4. The highest BCUT2D eigenvalue weighted by Crippen LogP contribution is 2.41. The molecule has 0 bridgehead atoms. The van der Waals surface area contributed by atoms with E-state index >= 15 is 0 Å². The maximum absolute atomic E-state index is 12.5. The van der Waals surface area contributed by atoms with Crippen LogP contribution in [0.3, 0.4) is 0 Å². The van der Waals surface area contributed by atoms with Crippen LogP contribution in [0.4, 0.5) is 0 Å². The summed E-state index contributed by atoms with van der Waals surface area (Å²) < 4.78 is 37.4. The van der Waals surface area contributed by atoms with E-state index in [0.29, 0.717) is 35.5 Å². The molecule has 1 aliphatic heterocycles. The number of phenols is 1. The average Bonchev–Trinajstić information content (AvgIpc) is 2.95. The van der Waals surface area contributed by atoms with Crippen LogP contribution in [0, 0.1) is 0 Å². The molecule has 1 aliphatic rings. The number of nitrogens with one attached hydrogen (secondary N) is 1. The van der Waals surface area contributed by atoms with Crippen molar-refractivity contribution < 1.29 is 23.0 Å². The number of piperidine rings is 1. The van der Waals surface area contributed by atoms with Crippen molar-refractivity contribution in [3.05, 3.63) is 78.9 Å². The smallest absolute Gasteiger partial charge is 0.178 e. The summed E-state index contributed by atoms with van der Waals surface area (Å²) in [5, 5.41) is 15.2. The Kier molecular flexibility index (Phi) is 8.38. The minimum Gasteiger partial charge on any atom is -0.508 e. The molecule has 204 valence electrons. The molecule has 39 heavy (non-hydrogen) atoms. The zero-order chi connectivity index (χ0) is 27.2. The second-order valence-electron chi connectivity index (χ2n) is 10.0. The molecule has 7 heteroatoms. The fourth-order valence-corrected chi connectivity index (χ4v) is 6.39. The fraction of sp³-hybridized carbons (Fsp3) is 0.312. The highest BCUT2D eigenvalue weighted by Gasteiger charge is 2.17. The van der Waals surface area contributed by atoms with E-state index in [9.17, 15) is 13.5 Å². The minimum absolute atomic E-state index is 0.122. The van der Waals surface area contributed by atoms with Crippen LogP contribution in [0.15, 0.2) is 83.8 Å². The number of hydrogen-bond donors (Lipinski definition) is 2. The van der Waals surface area contributed by atoms with E-state index in [1.165, 1.54) is 19.3 Å². The van der Waals surface area contributed by atoms with Crippen molar-refractivity contribution >= 4 is 20.6 Å². The first kappa shape index (κ1) is 27.0. The number of aromatic hydroxyl groups is 1. The van der Waals surface area contributed by atoms with E-state index in [-0.39, 0.29) is 11.5 Å². The summed E-state index contributed by atoms with van der Waals surface area (Å²) in [4.78, 5) is 0.316. The number of rotatable bonds is 10.